The van der Waals surface area contributed by atoms with Gasteiger partial charge in [-0.3, -0.25) is 8.42 Å². The molecule has 0 heterocycles. The van der Waals surface area contributed by atoms with Crippen LogP contribution in [0, 0.1) is 0 Å². The summed E-state index contributed by atoms with van der Waals surface area (Å²) in [6.45, 7) is 0. The third-order valence-corrected chi connectivity index (χ3v) is 0. The van der Waals surface area contributed by atoms with Crippen LogP contribution in [0.25, 0.3) is 0 Å². The van der Waals surface area contributed by atoms with Crippen molar-refractivity contribution in [1.29, 1.82) is 0 Å². The Morgan fingerprint density at radius 2 is 1.12 bits per heavy atom. The van der Waals surface area contributed by atoms with E-state index in [-0.39, 0.29) is 77.4 Å². The molecule has 0 aromatic carbocycles. The summed E-state index contributed by atoms with van der Waals surface area (Å²) >= 11 is 0. The molecule has 8 heavy (non-hydrogen) atoms. The second-order valence-electron chi connectivity index (χ2n) is 0.408. The van der Waals surface area contributed by atoms with Gasteiger partial charge in [0.05, 0.1) is 0 Å². The molecule has 0 atom stereocenters. The second-order valence-corrected chi connectivity index (χ2v) is 1.22. The summed E-state index contributed by atoms with van der Waals surface area (Å²) in [5, 5.41) is 0. The molecule has 0 saturated carbocycles. The van der Waals surface area contributed by atoms with E-state index in [0.29, 0.717) is 0 Å². The summed E-state index contributed by atoms with van der Waals surface area (Å²) in [4.78, 5) is 0. The van der Waals surface area contributed by atoms with Gasteiger partial charge in [-0.25, -0.2) is 0 Å². The van der Waals surface area contributed by atoms with Crippen molar-refractivity contribution in [2.75, 3.05) is 0 Å². The minimum absolute atomic E-state index is 0. The molecule has 0 aliphatic heterocycles. The fraction of sp³-hybridized carbons (Fsp3) is 0. The van der Waals surface area contributed by atoms with Crippen molar-refractivity contribution in [3.8, 4) is 0 Å². The van der Waals surface area contributed by atoms with E-state index >= 15 is 0 Å². The Balaban J connectivity index is -0.0000000267. The van der Waals surface area contributed by atoms with E-state index in [4.69, 9.17) is 17.5 Å². The summed E-state index contributed by atoms with van der Waals surface area (Å²) in [6.07, 6.45) is 0. The van der Waals surface area contributed by atoms with Gasteiger partial charge in [0, 0.05) is 10.4 Å². The smallest absolute Gasteiger partial charge is 0.870 e. The Bertz CT molecular complexity index is 95.6. The van der Waals surface area contributed by atoms with Gasteiger partial charge in [-0.05, 0) is 0 Å². The standard InChI is InChI=1S/Ba.Mg.H2O4S.H2O/c;;1-5(2,3)4;/h;;(H2,1,2,3,4);1H2/q2*+2;;/p-3. The molecule has 0 rings (SSSR count). The van der Waals surface area contributed by atoms with Gasteiger partial charge in [0.1, 0.15) is 0 Å². The molecule has 40 valence electrons. The van der Waals surface area contributed by atoms with E-state index in [0.717, 1.165) is 0 Å². The van der Waals surface area contributed by atoms with Crippen LogP contribution in [-0.2, 0) is 10.4 Å². The molecule has 5 nitrogen and oxygen atoms in total. The first-order valence-corrected chi connectivity index (χ1v) is 2.00. The fourth-order valence-corrected chi connectivity index (χ4v) is 0. The quantitative estimate of drug-likeness (QED) is 0.281. The average Bonchev–Trinajstić information content (AvgIpc) is 0.722. The predicted octanol–water partition coefficient (Wildman–Crippen LogP) is -2.28. The zero-order chi connectivity index (χ0) is 4.50. The molecule has 0 amide bonds. The normalized spacial score (nSPS) is 7.25. The number of hydrogen-bond acceptors (Lipinski definition) is 5. The molecular formula is HBaMgO5S+. The molecule has 0 saturated heterocycles. The van der Waals surface area contributed by atoms with Crippen molar-refractivity contribution in [3.63, 3.8) is 0 Å². The Kier molecular flexibility index (Phi) is 25.7. The summed E-state index contributed by atoms with van der Waals surface area (Å²) in [7, 11) is -5.17. The van der Waals surface area contributed by atoms with Crippen molar-refractivity contribution >= 4 is 82.3 Å². The van der Waals surface area contributed by atoms with Crippen LogP contribution in [0.3, 0.4) is 0 Å². The molecule has 0 aromatic rings. The van der Waals surface area contributed by atoms with Gasteiger partial charge < -0.3 is 14.6 Å². The van der Waals surface area contributed by atoms with Gasteiger partial charge in [-0.1, -0.05) is 0 Å². The van der Waals surface area contributed by atoms with Crippen molar-refractivity contribution < 1.29 is 23.0 Å². The van der Waals surface area contributed by atoms with Gasteiger partial charge in [0.25, 0.3) is 0 Å². The van der Waals surface area contributed by atoms with Crippen molar-refractivity contribution in [3.05, 3.63) is 0 Å². The van der Waals surface area contributed by atoms with Gasteiger partial charge in [0.15, 0.2) is 0 Å². The first-order chi connectivity index (χ1) is 2.00. The minimum atomic E-state index is -5.17. The van der Waals surface area contributed by atoms with Crippen LogP contribution in [0.15, 0.2) is 0 Å². The third-order valence-electron chi connectivity index (χ3n) is 0. The second kappa shape index (κ2) is 9.17. The SMILES string of the molecule is O=S(=O)([O-])[O-].[Ba+2].[Mg+2].[OH-]. The average molecular weight is 275 g/mol. The van der Waals surface area contributed by atoms with E-state index in [2.05, 4.69) is 0 Å². The first-order valence-electron chi connectivity index (χ1n) is 0.667. The van der Waals surface area contributed by atoms with Gasteiger partial charge in [-0.2, -0.15) is 0 Å². The van der Waals surface area contributed by atoms with Crippen LogP contribution >= 0.6 is 0 Å². The summed E-state index contributed by atoms with van der Waals surface area (Å²) < 4.78 is 34.1. The van der Waals surface area contributed by atoms with E-state index in [1.54, 1.807) is 0 Å². The monoisotopic (exact) mass is 275 g/mol. The van der Waals surface area contributed by atoms with E-state index in [1.165, 1.54) is 0 Å². The predicted molar refractivity (Wildman–Crippen MR) is 23.9 cm³/mol. The molecule has 0 radical (unpaired) electrons. The maximum atomic E-state index is 8.52. The van der Waals surface area contributed by atoms with Crippen molar-refractivity contribution in [2.24, 2.45) is 0 Å². The van der Waals surface area contributed by atoms with Crippen LogP contribution in [0.2, 0.25) is 0 Å². The molecule has 0 aliphatic carbocycles. The summed E-state index contributed by atoms with van der Waals surface area (Å²) in [5.74, 6) is 0. The van der Waals surface area contributed by atoms with Crippen LogP contribution in [0.5, 0.6) is 0 Å². The van der Waals surface area contributed by atoms with Gasteiger partial charge >= 0.3 is 71.9 Å². The van der Waals surface area contributed by atoms with Crippen LogP contribution in [0.4, 0.5) is 0 Å². The van der Waals surface area contributed by atoms with Crippen LogP contribution < -0.4 is 0 Å². The molecule has 0 aliphatic rings. The Morgan fingerprint density at radius 3 is 1.12 bits per heavy atom. The largest absolute Gasteiger partial charge is 2.00 e. The van der Waals surface area contributed by atoms with Crippen molar-refractivity contribution in [2.45, 2.75) is 0 Å². The van der Waals surface area contributed by atoms with E-state index in [9.17, 15) is 0 Å². The fourth-order valence-electron chi connectivity index (χ4n) is 0. The minimum Gasteiger partial charge on any atom is -0.870 e. The zero-order valence-corrected chi connectivity index (χ0v) is 10.6. The topological polar surface area (TPSA) is 110 Å². The molecule has 0 aromatic heterocycles. The van der Waals surface area contributed by atoms with Crippen LogP contribution in [-0.4, -0.2) is 94.9 Å². The van der Waals surface area contributed by atoms with Crippen molar-refractivity contribution in [1.82, 2.24) is 0 Å². The molecule has 1 N–H and O–H groups in total. The summed E-state index contributed by atoms with van der Waals surface area (Å²) in [5.41, 5.74) is 0. The molecule has 0 spiro atoms. The number of hydrogen-bond donors (Lipinski definition) is 0. The zero-order valence-electron chi connectivity index (χ0n) is 3.90. The Morgan fingerprint density at radius 1 is 1.12 bits per heavy atom. The summed E-state index contributed by atoms with van der Waals surface area (Å²) in [6, 6.07) is 0. The first kappa shape index (κ1) is 22.5. The molecule has 0 fully saturated rings. The molecular weight excluding hydrogens is 274 g/mol. The van der Waals surface area contributed by atoms with E-state index in [1.807, 2.05) is 0 Å². The maximum Gasteiger partial charge on any atom is 2.00 e. The Hall–Kier alpha value is 2.17. The number of rotatable bonds is 0. The Labute approximate surface area is 103 Å². The molecule has 8 heteroatoms. The third kappa shape index (κ3) is 89.3. The molecule has 0 unspecified atom stereocenters. The molecule has 0 bridgehead atoms. The van der Waals surface area contributed by atoms with Crippen LogP contribution in [0.1, 0.15) is 0 Å². The van der Waals surface area contributed by atoms with Gasteiger partial charge in [-0.15, -0.1) is 0 Å². The van der Waals surface area contributed by atoms with Gasteiger partial charge in [0.2, 0.25) is 0 Å². The van der Waals surface area contributed by atoms with E-state index < -0.39 is 10.4 Å². The maximum absolute atomic E-state index is 8.52.